The molecule has 0 saturated carbocycles. The molecule has 6 heteroatoms. The first kappa shape index (κ1) is 15.2. The van der Waals surface area contributed by atoms with Crippen LogP contribution in [0.3, 0.4) is 0 Å². The number of carbonyl (C=O) groups is 2. The van der Waals surface area contributed by atoms with Crippen molar-refractivity contribution in [2.24, 2.45) is 0 Å². The van der Waals surface area contributed by atoms with Gasteiger partial charge in [0, 0.05) is 11.8 Å². The van der Waals surface area contributed by atoms with Crippen LogP contribution in [0.25, 0.3) is 0 Å². The average Bonchev–Trinajstić information content (AvgIpc) is 2.45. The predicted octanol–water partition coefficient (Wildman–Crippen LogP) is 1.33. The molecule has 21 heavy (non-hydrogen) atoms. The van der Waals surface area contributed by atoms with Crippen LogP contribution in [0.4, 0.5) is 5.69 Å². The van der Waals surface area contributed by atoms with Gasteiger partial charge in [-0.15, -0.1) is 0 Å². The number of anilines is 1. The summed E-state index contributed by atoms with van der Waals surface area (Å²) in [6, 6.07) is 4.57. The van der Waals surface area contributed by atoms with Gasteiger partial charge in [-0.3, -0.25) is 14.5 Å². The minimum Gasteiger partial charge on any atom is -0.493 e. The van der Waals surface area contributed by atoms with Crippen LogP contribution in [-0.4, -0.2) is 37.6 Å². The van der Waals surface area contributed by atoms with Crippen molar-refractivity contribution in [1.29, 1.82) is 0 Å². The summed E-state index contributed by atoms with van der Waals surface area (Å²) in [6.45, 7) is 5.07. The molecule has 1 heterocycles. The summed E-state index contributed by atoms with van der Waals surface area (Å²) >= 11 is 0. The maximum Gasteiger partial charge on any atom is 0.252 e. The van der Waals surface area contributed by atoms with E-state index in [1.165, 1.54) is 12.0 Å². The highest BCUT2D eigenvalue weighted by Crippen LogP contribution is 2.34. The van der Waals surface area contributed by atoms with Crippen molar-refractivity contribution in [2.45, 2.75) is 32.4 Å². The number of hydrogen-bond donors (Lipinski definition) is 1. The second kappa shape index (κ2) is 5.27. The number of nitrogens with zero attached hydrogens (tertiary/aromatic N) is 1. The Morgan fingerprint density at radius 1 is 1.14 bits per heavy atom. The fraction of sp³-hybridized carbons (Fsp3) is 0.467. The third-order valence-electron chi connectivity index (χ3n) is 3.60. The molecule has 1 unspecified atom stereocenters. The van der Waals surface area contributed by atoms with Gasteiger partial charge in [0.1, 0.15) is 11.6 Å². The lowest BCUT2D eigenvalue weighted by Crippen LogP contribution is -2.67. The van der Waals surface area contributed by atoms with Gasteiger partial charge in [-0.1, -0.05) is 0 Å². The summed E-state index contributed by atoms with van der Waals surface area (Å²) in [4.78, 5) is 26.1. The maximum atomic E-state index is 12.6. The highest BCUT2D eigenvalue weighted by molar-refractivity contribution is 6.10. The summed E-state index contributed by atoms with van der Waals surface area (Å²) in [5.41, 5.74) is -0.329. The van der Waals surface area contributed by atoms with E-state index < -0.39 is 11.6 Å². The zero-order valence-electron chi connectivity index (χ0n) is 12.9. The van der Waals surface area contributed by atoms with Crippen molar-refractivity contribution < 1.29 is 19.1 Å². The Bertz CT molecular complexity index is 583. The molecule has 1 fully saturated rings. The Kier molecular flexibility index (Phi) is 3.80. The number of carbonyl (C=O) groups excluding carboxylic acids is 2. The van der Waals surface area contributed by atoms with Gasteiger partial charge in [-0.05, 0) is 32.9 Å². The van der Waals surface area contributed by atoms with E-state index in [-0.39, 0.29) is 11.8 Å². The Morgan fingerprint density at radius 2 is 1.76 bits per heavy atom. The first-order valence-electron chi connectivity index (χ1n) is 6.69. The largest absolute Gasteiger partial charge is 0.493 e. The molecule has 1 saturated heterocycles. The Labute approximate surface area is 124 Å². The second-order valence-corrected chi connectivity index (χ2v) is 5.50. The number of rotatable bonds is 3. The molecular weight excluding hydrogens is 272 g/mol. The molecule has 1 aromatic rings. The van der Waals surface area contributed by atoms with Crippen molar-refractivity contribution >= 4 is 17.5 Å². The summed E-state index contributed by atoms with van der Waals surface area (Å²) < 4.78 is 10.4. The van der Waals surface area contributed by atoms with Crippen molar-refractivity contribution in [1.82, 2.24) is 5.32 Å². The van der Waals surface area contributed by atoms with E-state index >= 15 is 0 Å². The van der Waals surface area contributed by atoms with Gasteiger partial charge in [0.2, 0.25) is 5.91 Å². The van der Waals surface area contributed by atoms with Crippen molar-refractivity contribution in [3.8, 4) is 11.5 Å². The smallest absolute Gasteiger partial charge is 0.252 e. The fourth-order valence-electron chi connectivity index (χ4n) is 2.38. The Hall–Kier alpha value is -2.24. The van der Waals surface area contributed by atoms with E-state index in [1.807, 2.05) is 0 Å². The molecule has 1 aliphatic heterocycles. The summed E-state index contributed by atoms with van der Waals surface area (Å²) in [5.74, 6) is 0.733. The standard InChI is InChI=1S/C15H20N2O4/c1-9-13(18)16-15(2,3)14(19)17(9)10-6-7-11(20-4)12(8-10)21-5/h6-9H,1-5H3,(H,16,18). The minimum atomic E-state index is -0.934. The molecule has 0 radical (unpaired) electrons. The number of amides is 2. The molecule has 0 aromatic heterocycles. The molecule has 0 aliphatic carbocycles. The normalized spacial score (nSPS) is 21.0. The van der Waals surface area contributed by atoms with E-state index in [9.17, 15) is 9.59 Å². The lowest BCUT2D eigenvalue weighted by atomic mass is 9.96. The van der Waals surface area contributed by atoms with Crippen LogP contribution in [0.15, 0.2) is 18.2 Å². The van der Waals surface area contributed by atoms with Crippen LogP contribution in [0.1, 0.15) is 20.8 Å². The number of piperazine rings is 1. The summed E-state index contributed by atoms with van der Waals surface area (Å²) in [6.07, 6.45) is 0. The summed E-state index contributed by atoms with van der Waals surface area (Å²) in [5, 5.41) is 2.72. The van der Waals surface area contributed by atoms with Crippen LogP contribution in [0.2, 0.25) is 0 Å². The van der Waals surface area contributed by atoms with Crippen molar-refractivity contribution in [3.05, 3.63) is 18.2 Å². The zero-order chi connectivity index (χ0) is 15.8. The van der Waals surface area contributed by atoms with Gasteiger partial charge in [0.15, 0.2) is 11.5 Å². The van der Waals surface area contributed by atoms with Crippen LogP contribution in [-0.2, 0) is 9.59 Å². The van der Waals surface area contributed by atoms with Crippen LogP contribution in [0, 0.1) is 0 Å². The lowest BCUT2D eigenvalue weighted by molar-refractivity contribution is -0.136. The topological polar surface area (TPSA) is 67.9 Å². The van der Waals surface area contributed by atoms with E-state index in [0.29, 0.717) is 17.2 Å². The molecule has 1 aromatic carbocycles. The van der Waals surface area contributed by atoms with E-state index in [1.54, 1.807) is 46.1 Å². The first-order valence-corrected chi connectivity index (χ1v) is 6.69. The molecular formula is C15H20N2O4. The number of nitrogens with one attached hydrogen (secondary N) is 1. The Morgan fingerprint density at radius 3 is 2.33 bits per heavy atom. The lowest BCUT2D eigenvalue weighted by Gasteiger charge is -2.41. The van der Waals surface area contributed by atoms with Crippen molar-refractivity contribution in [3.63, 3.8) is 0 Å². The van der Waals surface area contributed by atoms with Crippen molar-refractivity contribution in [2.75, 3.05) is 19.1 Å². The van der Waals surface area contributed by atoms with Gasteiger partial charge in [-0.25, -0.2) is 0 Å². The third kappa shape index (κ3) is 2.53. The second-order valence-electron chi connectivity index (χ2n) is 5.50. The molecule has 2 rings (SSSR count). The Balaban J connectivity index is 2.48. The number of hydrogen-bond acceptors (Lipinski definition) is 4. The van der Waals surface area contributed by atoms with Gasteiger partial charge < -0.3 is 14.8 Å². The van der Waals surface area contributed by atoms with Gasteiger partial charge in [0.05, 0.1) is 14.2 Å². The fourth-order valence-corrected chi connectivity index (χ4v) is 2.38. The molecule has 6 nitrogen and oxygen atoms in total. The number of methoxy groups -OCH3 is 2. The highest BCUT2D eigenvalue weighted by atomic mass is 16.5. The molecule has 1 atom stereocenters. The number of benzene rings is 1. The van der Waals surface area contributed by atoms with E-state index in [0.717, 1.165) is 0 Å². The highest BCUT2D eigenvalue weighted by Gasteiger charge is 2.44. The zero-order valence-corrected chi connectivity index (χ0v) is 12.9. The molecule has 1 N–H and O–H groups in total. The van der Waals surface area contributed by atoms with Crippen LogP contribution < -0.4 is 19.7 Å². The monoisotopic (exact) mass is 292 g/mol. The third-order valence-corrected chi connectivity index (χ3v) is 3.60. The number of ether oxygens (including phenoxy) is 2. The molecule has 2 amide bonds. The predicted molar refractivity (Wildman–Crippen MR) is 78.7 cm³/mol. The first-order chi connectivity index (χ1) is 9.81. The summed E-state index contributed by atoms with van der Waals surface area (Å²) in [7, 11) is 3.07. The average molecular weight is 292 g/mol. The maximum absolute atomic E-state index is 12.6. The molecule has 0 bridgehead atoms. The van der Waals surface area contributed by atoms with Gasteiger partial charge >= 0.3 is 0 Å². The van der Waals surface area contributed by atoms with Gasteiger partial charge in [-0.2, -0.15) is 0 Å². The molecule has 0 spiro atoms. The van der Waals surface area contributed by atoms with E-state index in [2.05, 4.69) is 5.32 Å². The molecule has 114 valence electrons. The van der Waals surface area contributed by atoms with Gasteiger partial charge in [0.25, 0.3) is 5.91 Å². The molecule has 1 aliphatic rings. The SMILES string of the molecule is COc1ccc(N2C(=O)C(C)(C)NC(=O)C2C)cc1OC. The quantitative estimate of drug-likeness (QED) is 0.912. The van der Waals surface area contributed by atoms with Crippen LogP contribution in [0.5, 0.6) is 11.5 Å². The van der Waals surface area contributed by atoms with Crippen LogP contribution >= 0.6 is 0 Å². The van der Waals surface area contributed by atoms with E-state index in [4.69, 9.17) is 9.47 Å². The minimum absolute atomic E-state index is 0.165.